The van der Waals surface area contributed by atoms with Crippen LogP contribution in [0.25, 0.3) is 0 Å². The van der Waals surface area contributed by atoms with Gasteiger partial charge in [0.2, 0.25) is 0 Å². The molecule has 1 aliphatic heterocycles. The van der Waals surface area contributed by atoms with Crippen LogP contribution in [0, 0.1) is 11.8 Å². The summed E-state index contributed by atoms with van der Waals surface area (Å²) in [6, 6.07) is 0. The smallest absolute Gasteiger partial charge is 0.0685 e. The largest absolute Gasteiger partial charge is 0.375 e. The van der Waals surface area contributed by atoms with Crippen molar-refractivity contribution in [2.45, 2.75) is 57.5 Å². The van der Waals surface area contributed by atoms with E-state index >= 15 is 0 Å². The Hall–Kier alpha value is -0.0800. The first-order valence-corrected chi connectivity index (χ1v) is 7.03. The fraction of sp³-hybridized carbons (Fsp3) is 1.00. The molecule has 1 saturated carbocycles. The summed E-state index contributed by atoms with van der Waals surface area (Å²) in [5, 5.41) is 3.29. The molecule has 1 aliphatic carbocycles. The van der Waals surface area contributed by atoms with E-state index in [-0.39, 0.29) is 0 Å². The average Bonchev–Trinajstić information content (AvgIpc) is 2.66. The van der Waals surface area contributed by atoms with Gasteiger partial charge < -0.3 is 10.1 Å². The maximum atomic E-state index is 6.08. The molecular formula is C14H27NO. The molecule has 94 valence electrons. The Kier molecular flexibility index (Phi) is 4.26. The van der Waals surface area contributed by atoms with E-state index in [4.69, 9.17) is 4.74 Å². The van der Waals surface area contributed by atoms with Crippen LogP contribution in [0.4, 0.5) is 0 Å². The van der Waals surface area contributed by atoms with Crippen LogP contribution in [0.2, 0.25) is 0 Å². The van der Waals surface area contributed by atoms with Gasteiger partial charge >= 0.3 is 0 Å². The molecule has 0 amide bonds. The monoisotopic (exact) mass is 225 g/mol. The molecular weight excluding hydrogens is 198 g/mol. The van der Waals surface area contributed by atoms with Crippen LogP contribution in [-0.4, -0.2) is 25.8 Å². The fourth-order valence-corrected chi connectivity index (χ4v) is 3.70. The highest BCUT2D eigenvalue weighted by Gasteiger charge is 2.39. The zero-order valence-corrected chi connectivity index (χ0v) is 10.9. The van der Waals surface area contributed by atoms with Crippen molar-refractivity contribution in [2.24, 2.45) is 11.8 Å². The first-order chi connectivity index (χ1) is 7.74. The lowest BCUT2D eigenvalue weighted by atomic mass is 9.80. The second-order valence-corrected chi connectivity index (χ2v) is 6.00. The van der Waals surface area contributed by atoms with Gasteiger partial charge in [0.05, 0.1) is 5.60 Å². The van der Waals surface area contributed by atoms with E-state index in [1.54, 1.807) is 0 Å². The second kappa shape index (κ2) is 5.50. The van der Waals surface area contributed by atoms with Crippen molar-refractivity contribution in [1.82, 2.24) is 5.32 Å². The topological polar surface area (TPSA) is 21.3 Å². The molecule has 2 heteroatoms. The predicted octanol–water partition coefficient (Wildman–Crippen LogP) is 2.97. The molecule has 1 N–H and O–H groups in total. The van der Waals surface area contributed by atoms with Crippen LogP contribution in [0.3, 0.4) is 0 Å². The first-order valence-electron chi connectivity index (χ1n) is 7.03. The van der Waals surface area contributed by atoms with E-state index in [0.29, 0.717) is 5.60 Å². The summed E-state index contributed by atoms with van der Waals surface area (Å²) >= 11 is 0. The van der Waals surface area contributed by atoms with Gasteiger partial charge in [0.1, 0.15) is 0 Å². The number of nitrogens with one attached hydrogen (secondary N) is 1. The quantitative estimate of drug-likeness (QED) is 0.794. The molecule has 2 rings (SSSR count). The Morgan fingerprint density at radius 2 is 2.12 bits per heavy atom. The average molecular weight is 225 g/mol. The van der Waals surface area contributed by atoms with Crippen molar-refractivity contribution in [3.05, 3.63) is 0 Å². The van der Waals surface area contributed by atoms with Crippen LogP contribution in [-0.2, 0) is 4.74 Å². The molecule has 2 atom stereocenters. The van der Waals surface area contributed by atoms with Crippen LogP contribution < -0.4 is 5.32 Å². The molecule has 16 heavy (non-hydrogen) atoms. The van der Waals surface area contributed by atoms with Crippen LogP contribution in [0.5, 0.6) is 0 Å². The van der Waals surface area contributed by atoms with Crippen molar-refractivity contribution in [3.8, 4) is 0 Å². The lowest BCUT2D eigenvalue weighted by Gasteiger charge is -2.39. The number of rotatable bonds is 4. The highest BCUT2D eigenvalue weighted by molar-refractivity contribution is 4.91. The lowest BCUT2D eigenvalue weighted by molar-refractivity contribution is -0.0952. The molecule has 0 aromatic carbocycles. The van der Waals surface area contributed by atoms with Crippen LogP contribution >= 0.6 is 0 Å². The van der Waals surface area contributed by atoms with Gasteiger partial charge in [-0.1, -0.05) is 19.8 Å². The molecule has 2 fully saturated rings. The van der Waals surface area contributed by atoms with E-state index in [2.05, 4.69) is 19.3 Å². The normalized spacial score (nSPS) is 30.8. The summed E-state index contributed by atoms with van der Waals surface area (Å²) < 4.78 is 6.08. The number of ether oxygens (including phenoxy) is 1. The lowest BCUT2D eigenvalue weighted by Crippen LogP contribution is -2.38. The van der Waals surface area contributed by atoms with E-state index in [1.165, 1.54) is 44.9 Å². The zero-order valence-electron chi connectivity index (χ0n) is 10.9. The minimum Gasteiger partial charge on any atom is -0.375 e. The molecule has 0 aromatic rings. The number of hydrogen-bond acceptors (Lipinski definition) is 2. The van der Waals surface area contributed by atoms with Gasteiger partial charge in [-0.3, -0.25) is 0 Å². The predicted molar refractivity (Wildman–Crippen MR) is 67.6 cm³/mol. The highest BCUT2D eigenvalue weighted by atomic mass is 16.5. The Morgan fingerprint density at radius 3 is 2.81 bits per heavy atom. The van der Waals surface area contributed by atoms with Crippen molar-refractivity contribution in [1.29, 1.82) is 0 Å². The summed E-state index contributed by atoms with van der Waals surface area (Å²) in [6.07, 6.45) is 9.42. The molecule has 1 heterocycles. The third kappa shape index (κ3) is 2.98. The van der Waals surface area contributed by atoms with Crippen molar-refractivity contribution >= 4 is 0 Å². The van der Waals surface area contributed by atoms with Gasteiger partial charge in [0.25, 0.3) is 0 Å². The fourth-order valence-electron chi connectivity index (χ4n) is 3.70. The Bertz CT molecular complexity index is 211. The van der Waals surface area contributed by atoms with E-state index in [0.717, 1.165) is 25.0 Å². The summed E-state index contributed by atoms with van der Waals surface area (Å²) in [6.45, 7) is 4.54. The Labute approximate surface area is 100 Å². The second-order valence-electron chi connectivity index (χ2n) is 6.00. The SMILES string of the molecule is CNCC(C)CC1CCOC2(CCCC2)C1. The van der Waals surface area contributed by atoms with E-state index in [9.17, 15) is 0 Å². The molecule has 2 nitrogen and oxygen atoms in total. The summed E-state index contributed by atoms with van der Waals surface area (Å²) in [5.74, 6) is 1.72. The molecule has 1 saturated heterocycles. The maximum absolute atomic E-state index is 6.08. The van der Waals surface area contributed by atoms with Crippen molar-refractivity contribution < 1.29 is 4.74 Å². The standard InChI is InChI=1S/C14H27NO/c1-12(11-15-2)9-13-5-8-16-14(10-13)6-3-4-7-14/h12-13,15H,3-11H2,1-2H3. The molecule has 2 unspecified atom stereocenters. The van der Waals surface area contributed by atoms with Gasteiger partial charge in [-0.15, -0.1) is 0 Å². The molecule has 0 bridgehead atoms. The Balaban J connectivity index is 1.82. The van der Waals surface area contributed by atoms with E-state index in [1.807, 2.05) is 0 Å². The summed E-state index contributed by atoms with van der Waals surface area (Å²) in [7, 11) is 2.05. The minimum absolute atomic E-state index is 0.308. The Morgan fingerprint density at radius 1 is 1.38 bits per heavy atom. The van der Waals surface area contributed by atoms with Crippen LogP contribution in [0.15, 0.2) is 0 Å². The third-order valence-electron chi connectivity index (χ3n) is 4.40. The summed E-state index contributed by atoms with van der Waals surface area (Å²) in [4.78, 5) is 0. The molecule has 2 aliphatic rings. The van der Waals surface area contributed by atoms with Gasteiger partial charge in [-0.25, -0.2) is 0 Å². The maximum Gasteiger partial charge on any atom is 0.0685 e. The van der Waals surface area contributed by atoms with Crippen molar-refractivity contribution in [2.75, 3.05) is 20.2 Å². The first kappa shape index (κ1) is 12.4. The van der Waals surface area contributed by atoms with Gasteiger partial charge in [-0.2, -0.15) is 0 Å². The summed E-state index contributed by atoms with van der Waals surface area (Å²) in [5.41, 5.74) is 0.308. The minimum atomic E-state index is 0.308. The molecule has 0 aromatic heterocycles. The van der Waals surface area contributed by atoms with Crippen molar-refractivity contribution in [3.63, 3.8) is 0 Å². The molecule has 1 spiro atoms. The van der Waals surface area contributed by atoms with E-state index < -0.39 is 0 Å². The van der Waals surface area contributed by atoms with Gasteiger partial charge in [0, 0.05) is 6.61 Å². The zero-order chi connectivity index (χ0) is 11.4. The highest BCUT2D eigenvalue weighted by Crippen LogP contribution is 2.43. The number of hydrogen-bond donors (Lipinski definition) is 1. The third-order valence-corrected chi connectivity index (χ3v) is 4.40. The van der Waals surface area contributed by atoms with Gasteiger partial charge in [-0.05, 0) is 57.5 Å². The van der Waals surface area contributed by atoms with Gasteiger partial charge in [0.15, 0.2) is 0 Å². The van der Waals surface area contributed by atoms with Crippen LogP contribution in [0.1, 0.15) is 51.9 Å². The molecule has 0 radical (unpaired) electrons.